The van der Waals surface area contributed by atoms with Crippen molar-refractivity contribution in [1.82, 2.24) is 9.71 Å². The van der Waals surface area contributed by atoms with Crippen LogP contribution in [0.15, 0.2) is 53.9 Å². The van der Waals surface area contributed by atoms with Crippen LogP contribution in [-0.4, -0.2) is 43.3 Å². The van der Waals surface area contributed by atoms with Crippen LogP contribution in [0.4, 0.5) is 5.69 Å². The van der Waals surface area contributed by atoms with Gasteiger partial charge in [0.2, 0.25) is 10.0 Å². The molecule has 0 aliphatic heterocycles. The Morgan fingerprint density at radius 2 is 1.71 bits per heavy atom. The van der Waals surface area contributed by atoms with Crippen molar-refractivity contribution in [2.75, 3.05) is 24.2 Å². The first-order valence-corrected chi connectivity index (χ1v) is 15.7. The lowest BCUT2D eigenvalue weighted by Crippen LogP contribution is -2.31. The first-order valence-electron chi connectivity index (χ1n) is 13.2. The van der Waals surface area contributed by atoms with Crippen molar-refractivity contribution < 1.29 is 18.3 Å². The van der Waals surface area contributed by atoms with E-state index in [4.69, 9.17) is 5.11 Å². The summed E-state index contributed by atoms with van der Waals surface area (Å²) in [5.74, 6) is -1.60. The molecular weight excluding hydrogens is 518 g/mol. The van der Waals surface area contributed by atoms with Gasteiger partial charge in [-0.05, 0) is 66.7 Å². The van der Waals surface area contributed by atoms with Gasteiger partial charge in [0.25, 0.3) is 0 Å². The van der Waals surface area contributed by atoms with E-state index >= 15 is 0 Å². The molecule has 0 bridgehead atoms. The summed E-state index contributed by atoms with van der Waals surface area (Å²) >= 11 is 1.46. The van der Waals surface area contributed by atoms with Gasteiger partial charge in [-0.15, -0.1) is 11.3 Å². The van der Waals surface area contributed by atoms with Gasteiger partial charge in [-0.3, -0.25) is 4.79 Å². The Morgan fingerprint density at radius 3 is 2.37 bits per heavy atom. The predicted octanol–water partition coefficient (Wildman–Crippen LogP) is 5.70. The van der Waals surface area contributed by atoms with E-state index in [1.807, 2.05) is 29.6 Å². The van der Waals surface area contributed by atoms with Gasteiger partial charge in [0.1, 0.15) is 0 Å². The molecule has 204 valence electrons. The third-order valence-corrected chi connectivity index (χ3v) is 9.42. The largest absolute Gasteiger partial charge is 0.480 e. The molecule has 0 saturated heterocycles. The van der Waals surface area contributed by atoms with Crippen molar-refractivity contribution in [3.05, 3.63) is 70.0 Å². The zero-order valence-corrected chi connectivity index (χ0v) is 23.7. The SMILES string of the molecule is CC1(C)CCC(c2ccc(CCNc3ccc(-c4csc(CCNS(=O)(=O)CC(=O)O)n4)cc3)cc2)CC1. The van der Waals surface area contributed by atoms with Crippen molar-refractivity contribution in [3.63, 3.8) is 0 Å². The number of sulfonamides is 1. The van der Waals surface area contributed by atoms with Crippen molar-refractivity contribution in [2.45, 2.75) is 58.3 Å². The van der Waals surface area contributed by atoms with E-state index < -0.39 is 21.7 Å². The Balaban J connectivity index is 1.21. The summed E-state index contributed by atoms with van der Waals surface area (Å²) in [5, 5.41) is 14.9. The Morgan fingerprint density at radius 1 is 1.03 bits per heavy atom. The van der Waals surface area contributed by atoms with Gasteiger partial charge in [-0.1, -0.05) is 50.2 Å². The van der Waals surface area contributed by atoms with Gasteiger partial charge in [0.05, 0.1) is 10.7 Å². The van der Waals surface area contributed by atoms with Crippen LogP contribution < -0.4 is 10.0 Å². The van der Waals surface area contributed by atoms with Gasteiger partial charge < -0.3 is 10.4 Å². The third-order valence-electron chi connectivity index (χ3n) is 7.24. The number of hydrogen-bond acceptors (Lipinski definition) is 6. The molecular formula is C29H37N3O4S2. The summed E-state index contributed by atoms with van der Waals surface area (Å²) in [6.45, 7) is 5.74. The lowest BCUT2D eigenvalue weighted by Gasteiger charge is -2.34. The minimum Gasteiger partial charge on any atom is -0.480 e. The lowest BCUT2D eigenvalue weighted by molar-refractivity contribution is -0.134. The van der Waals surface area contributed by atoms with Crippen molar-refractivity contribution >= 4 is 33.0 Å². The molecule has 0 amide bonds. The predicted molar refractivity (Wildman–Crippen MR) is 154 cm³/mol. The highest BCUT2D eigenvalue weighted by Crippen LogP contribution is 2.42. The molecule has 1 saturated carbocycles. The minimum absolute atomic E-state index is 0.118. The summed E-state index contributed by atoms with van der Waals surface area (Å²) in [6, 6.07) is 17.3. The molecule has 3 N–H and O–H groups in total. The van der Waals surface area contributed by atoms with Gasteiger partial charge in [0, 0.05) is 36.1 Å². The van der Waals surface area contributed by atoms with Crippen molar-refractivity contribution in [1.29, 1.82) is 0 Å². The molecule has 2 aromatic carbocycles. The monoisotopic (exact) mass is 555 g/mol. The molecule has 7 nitrogen and oxygen atoms in total. The number of carboxylic acids is 1. The summed E-state index contributed by atoms with van der Waals surface area (Å²) in [7, 11) is -3.82. The Labute approximate surface area is 229 Å². The number of carbonyl (C=O) groups is 1. The topological polar surface area (TPSA) is 108 Å². The highest BCUT2D eigenvalue weighted by Gasteiger charge is 2.27. The highest BCUT2D eigenvalue weighted by atomic mass is 32.2. The van der Waals surface area contributed by atoms with Crippen LogP contribution in [0.2, 0.25) is 0 Å². The molecule has 9 heteroatoms. The number of rotatable bonds is 12. The first-order chi connectivity index (χ1) is 18.1. The van der Waals surface area contributed by atoms with E-state index in [0.717, 1.165) is 34.9 Å². The van der Waals surface area contributed by atoms with Crippen LogP contribution in [0.5, 0.6) is 0 Å². The summed E-state index contributed by atoms with van der Waals surface area (Å²) in [4.78, 5) is 15.2. The second kappa shape index (κ2) is 12.4. The molecule has 1 heterocycles. The van der Waals surface area contributed by atoms with Gasteiger partial charge in [-0.2, -0.15) is 0 Å². The molecule has 3 aromatic rings. The van der Waals surface area contributed by atoms with Crippen LogP contribution in [0, 0.1) is 5.41 Å². The minimum atomic E-state index is -3.82. The zero-order valence-electron chi connectivity index (χ0n) is 22.1. The molecule has 4 rings (SSSR count). The number of thiazole rings is 1. The van der Waals surface area contributed by atoms with E-state index in [1.165, 1.54) is 48.1 Å². The number of aromatic nitrogens is 1. The normalized spacial score (nSPS) is 15.8. The van der Waals surface area contributed by atoms with Crippen molar-refractivity contribution in [3.8, 4) is 11.3 Å². The Kier molecular flexibility index (Phi) is 9.23. The van der Waals surface area contributed by atoms with Crippen LogP contribution in [0.25, 0.3) is 11.3 Å². The number of carboxylic acid groups (broad SMARTS) is 1. The maximum absolute atomic E-state index is 11.6. The molecule has 0 unspecified atom stereocenters. The summed E-state index contributed by atoms with van der Waals surface area (Å²) in [6.07, 6.45) is 6.58. The van der Waals surface area contributed by atoms with Crippen LogP contribution in [0.1, 0.15) is 61.6 Å². The van der Waals surface area contributed by atoms with E-state index in [-0.39, 0.29) is 6.54 Å². The molecule has 0 radical (unpaired) electrons. The maximum atomic E-state index is 11.6. The molecule has 0 atom stereocenters. The van der Waals surface area contributed by atoms with Crippen molar-refractivity contribution in [2.24, 2.45) is 5.41 Å². The zero-order chi connectivity index (χ0) is 27.2. The van der Waals surface area contributed by atoms with Gasteiger partial charge in [-0.25, -0.2) is 18.1 Å². The molecule has 0 spiro atoms. The van der Waals surface area contributed by atoms with E-state index in [0.29, 0.717) is 17.8 Å². The number of aliphatic carboxylic acids is 1. The highest BCUT2D eigenvalue weighted by molar-refractivity contribution is 7.90. The average Bonchev–Trinajstić information content (AvgIpc) is 3.33. The fraction of sp³-hybridized carbons (Fsp3) is 0.448. The molecule has 1 aliphatic carbocycles. The molecule has 1 aliphatic rings. The molecule has 38 heavy (non-hydrogen) atoms. The average molecular weight is 556 g/mol. The van der Waals surface area contributed by atoms with Gasteiger partial charge >= 0.3 is 5.97 Å². The number of benzene rings is 2. The number of hydrogen-bond donors (Lipinski definition) is 3. The third kappa shape index (κ3) is 8.38. The first kappa shape index (κ1) is 28.3. The number of anilines is 1. The molecule has 1 fully saturated rings. The Bertz CT molecular complexity index is 1310. The van der Waals surface area contributed by atoms with Gasteiger partial charge in [0.15, 0.2) is 5.75 Å². The fourth-order valence-corrected chi connectivity index (χ4v) is 6.53. The van der Waals surface area contributed by atoms with Crippen LogP contribution in [-0.2, 0) is 27.7 Å². The number of nitrogens with zero attached hydrogens (tertiary/aromatic N) is 1. The smallest absolute Gasteiger partial charge is 0.320 e. The molecule has 1 aromatic heterocycles. The maximum Gasteiger partial charge on any atom is 0.320 e. The van der Waals surface area contributed by atoms with E-state index in [9.17, 15) is 13.2 Å². The van der Waals surface area contributed by atoms with Crippen LogP contribution >= 0.6 is 11.3 Å². The number of nitrogens with one attached hydrogen (secondary N) is 2. The second-order valence-corrected chi connectivity index (χ2v) is 13.6. The summed E-state index contributed by atoms with van der Waals surface area (Å²) in [5.41, 5.74) is 6.21. The standard InChI is InChI=1S/C29H37N3O4S2/c1-29(2)15-11-23(12-16-29)22-5-3-21(4-6-22)13-17-30-25-9-7-24(8-10-25)26-19-37-27(32-26)14-18-31-38(35,36)20-28(33)34/h3-10,19,23,30-31H,11-18,20H2,1-2H3,(H,33,34). The van der Waals surface area contributed by atoms with Crippen LogP contribution in [0.3, 0.4) is 0 Å². The fourth-order valence-electron chi connectivity index (χ4n) is 4.88. The lowest BCUT2D eigenvalue weighted by atomic mass is 9.71. The Hall–Kier alpha value is -2.75. The summed E-state index contributed by atoms with van der Waals surface area (Å²) < 4.78 is 25.5. The van der Waals surface area contributed by atoms with E-state index in [1.54, 1.807) is 0 Å². The van der Waals surface area contributed by atoms with E-state index in [2.05, 4.69) is 53.1 Å². The second-order valence-electron chi connectivity index (χ2n) is 10.9. The quantitative estimate of drug-likeness (QED) is 0.265.